The van der Waals surface area contributed by atoms with E-state index in [0.29, 0.717) is 24.9 Å². The van der Waals surface area contributed by atoms with Crippen LogP contribution in [-0.2, 0) is 4.79 Å². The van der Waals surface area contributed by atoms with Gasteiger partial charge in [0.05, 0.1) is 6.54 Å². The van der Waals surface area contributed by atoms with E-state index in [-0.39, 0.29) is 18.6 Å². The summed E-state index contributed by atoms with van der Waals surface area (Å²) < 4.78 is 0. The Bertz CT molecular complexity index is 688. The molecule has 2 N–H and O–H groups in total. The highest BCUT2D eigenvalue weighted by molar-refractivity contribution is 5.90. The minimum absolute atomic E-state index is 0.0385. The molecule has 1 unspecified atom stereocenters. The maximum absolute atomic E-state index is 12.9. The summed E-state index contributed by atoms with van der Waals surface area (Å²) in [6, 6.07) is 6.44. The van der Waals surface area contributed by atoms with E-state index < -0.39 is 5.97 Å². The summed E-state index contributed by atoms with van der Waals surface area (Å²) in [7, 11) is 1.85. The number of rotatable bonds is 6. The number of likely N-dealkylation sites (tertiary alicyclic amines) is 1. The lowest BCUT2D eigenvalue weighted by molar-refractivity contribution is -0.138. The van der Waals surface area contributed by atoms with Crippen molar-refractivity contribution in [3.05, 3.63) is 29.3 Å². The van der Waals surface area contributed by atoms with Crippen molar-refractivity contribution < 1.29 is 14.7 Å². The van der Waals surface area contributed by atoms with Crippen molar-refractivity contribution >= 4 is 17.7 Å². The quantitative estimate of drug-likeness (QED) is 0.759. The predicted octanol–water partition coefficient (Wildman–Crippen LogP) is 4.34. The van der Waals surface area contributed by atoms with E-state index in [9.17, 15) is 9.59 Å². The van der Waals surface area contributed by atoms with Crippen molar-refractivity contribution in [3.8, 4) is 0 Å². The van der Waals surface area contributed by atoms with Gasteiger partial charge in [-0.1, -0.05) is 39.8 Å². The lowest BCUT2D eigenvalue weighted by Gasteiger charge is -2.26. The first-order valence-electron chi connectivity index (χ1n) is 10.3. The molecule has 1 atom stereocenters. The van der Waals surface area contributed by atoms with Gasteiger partial charge in [-0.2, -0.15) is 0 Å². The minimum atomic E-state index is -0.813. The Morgan fingerprint density at radius 1 is 1.18 bits per heavy atom. The van der Waals surface area contributed by atoms with Crippen LogP contribution in [0.5, 0.6) is 0 Å². The Kier molecular flexibility index (Phi) is 7.87. The SMILES string of the molecule is CC(C)c1ccc(NC(=O)N2CCCC(N(C)CC(=O)O)CC2)c(C(C)C)c1. The summed E-state index contributed by atoms with van der Waals surface area (Å²) in [6.45, 7) is 10.0. The third kappa shape index (κ3) is 5.96. The van der Waals surface area contributed by atoms with Gasteiger partial charge in [0.2, 0.25) is 0 Å². The van der Waals surface area contributed by atoms with E-state index in [1.807, 2.05) is 22.9 Å². The van der Waals surface area contributed by atoms with Crippen LogP contribution in [0.1, 0.15) is 69.9 Å². The first-order valence-corrected chi connectivity index (χ1v) is 10.3. The first-order chi connectivity index (χ1) is 13.2. The van der Waals surface area contributed by atoms with Crippen molar-refractivity contribution in [3.63, 3.8) is 0 Å². The predicted molar refractivity (Wildman–Crippen MR) is 113 cm³/mol. The molecule has 0 aromatic heterocycles. The highest BCUT2D eigenvalue weighted by Gasteiger charge is 2.24. The third-order valence-electron chi connectivity index (χ3n) is 5.60. The van der Waals surface area contributed by atoms with Crippen LogP contribution in [0.2, 0.25) is 0 Å². The highest BCUT2D eigenvalue weighted by Crippen LogP contribution is 2.29. The molecule has 1 saturated heterocycles. The second-order valence-electron chi connectivity index (χ2n) is 8.47. The number of urea groups is 1. The zero-order valence-corrected chi connectivity index (χ0v) is 17.9. The molecule has 1 aliphatic heterocycles. The molecule has 1 aromatic carbocycles. The van der Waals surface area contributed by atoms with Crippen molar-refractivity contribution in [1.29, 1.82) is 0 Å². The highest BCUT2D eigenvalue weighted by atomic mass is 16.4. The van der Waals surface area contributed by atoms with Gasteiger partial charge in [-0.05, 0) is 55.3 Å². The smallest absolute Gasteiger partial charge is 0.321 e. The van der Waals surface area contributed by atoms with E-state index >= 15 is 0 Å². The van der Waals surface area contributed by atoms with Crippen molar-refractivity contribution in [2.75, 3.05) is 32.0 Å². The molecular formula is C22H35N3O3. The summed E-state index contributed by atoms with van der Waals surface area (Å²) in [5.74, 6) is -0.0350. The Morgan fingerprint density at radius 2 is 1.89 bits per heavy atom. The van der Waals surface area contributed by atoms with Gasteiger partial charge in [0, 0.05) is 24.8 Å². The summed E-state index contributed by atoms with van der Waals surface area (Å²) in [6.07, 6.45) is 2.58. The normalized spacial score (nSPS) is 17.9. The second-order valence-corrected chi connectivity index (χ2v) is 8.47. The minimum Gasteiger partial charge on any atom is -0.480 e. The topological polar surface area (TPSA) is 72.9 Å². The fourth-order valence-electron chi connectivity index (χ4n) is 3.79. The van der Waals surface area contributed by atoms with Crippen LogP contribution in [-0.4, -0.2) is 59.6 Å². The number of hydrogen-bond acceptors (Lipinski definition) is 3. The van der Waals surface area contributed by atoms with Gasteiger partial charge >= 0.3 is 12.0 Å². The molecule has 1 heterocycles. The van der Waals surface area contributed by atoms with Crippen LogP contribution in [0.15, 0.2) is 18.2 Å². The average molecular weight is 390 g/mol. The molecule has 6 nitrogen and oxygen atoms in total. The summed E-state index contributed by atoms with van der Waals surface area (Å²) >= 11 is 0. The van der Waals surface area contributed by atoms with Gasteiger partial charge in [-0.25, -0.2) is 4.79 Å². The first kappa shape index (κ1) is 22.2. The number of benzene rings is 1. The van der Waals surface area contributed by atoms with E-state index in [2.05, 4.69) is 45.1 Å². The van der Waals surface area contributed by atoms with Crippen LogP contribution in [0.25, 0.3) is 0 Å². The lowest BCUT2D eigenvalue weighted by Crippen LogP contribution is -2.38. The number of carbonyl (C=O) groups excluding carboxylic acids is 1. The molecular weight excluding hydrogens is 354 g/mol. The molecule has 0 saturated carbocycles. The molecule has 28 heavy (non-hydrogen) atoms. The maximum Gasteiger partial charge on any atom is 0.321 e. The monoisotopic (exact) mass is 389 g/mol. The van der Waals surface area contributed by atoms with Gasteiger partial charge in [-0.15, -0.1) is 0 Å². The van der Waals surface area contributed by atoms with E-state index in [0.717, 1.165) is 30.5 Å². The fraction of sp³-hybridized carbons (Fsp3) is 0.636. The van der Waals surface area contributed by atoms with E-state index in [1.165, 1.54) is 5.56 Å². The number of nitrogens with one attached hydrogen (secondary N) is 1. The largest absolute Gasteiger partial charge is 0.480 e. The number of nitrogens with zero attached hydrogens (tertiary/aromatic N) is 2. The van der Waals surface area contributed by atoms with Gasteiger partial charge < -0.3 is 15.3 Å². The van der Waals surface area contributed by atoms with Crippen LogP contribution in [0.4, 0.5) is 10.5 Å². The lowest BCUT2D eigenvalue weighted by atomic mass is 9.94. The van der Waals surface area contributed by atoms with E-state index in [4.69, 9.17) is 5.11 Å². The fourth-order valence-corrected chi connectivity index (χ4v) is 3.79. The molecule has 2 rings (SSSR count). The van der Waals surface area contributed by atoms with Crippen molar-refractivity contribution in [2.24, 2.45) is 0 Å². The third-order valence-corrected chi connectivity index (χ3v) is 5.60. The molecule has 1 aromatic rings. The molecule has 2 amide bonds. The molecule has 1 fully saturated rings. The number of carbonyl (C=O) groups is 2. The Hall–Kier alpha value is -2.08. The van der Waals surface area contributed by atoms with Crippen LogP contribution < -0.4 is 5.32 Å². The molecule has 1 aliphatic rings. The standard InChI is InChI=1S/C22H35N3O3/c1-15(2)17-8-9-20(19(13-17)16(3)4)23-22(28)25-11-6-7-18(10-12-25)24(5)14-21(26)27/h8-9,13,15-16,18H,6-7,10-12,14H2,1-5H3,(H,23,28)(H,26,27). The van der Waals surface area contributed by atoms with Crippen molar-refractivity contribution in [2.45, 2.75) is 64.8 Å². The van der Waals surface area contributed by atoms with Crippen LogP contribution in [0.3, 0.4) is 0 Å². The Balaban J connectivity index is 2.04. The Labute approximate surface area is 168 Å². The Morgan fingerprint density at radius 3 is 2.50 bits per heavy atom. The molecule has 0 bridgehead atoms. The number of likely N-dealkylation sites (N-methyl/N-ethyl adjacent to an activating group) is 1. The van der Waals surface area contributed by atoms with Crippen LogP contribution >= 0.6 is 0 Å². The molecule has 156 valence electrons. The van der Waals surface area contributed by atoms with Gasteiger partial charge in [-0.3, -0.25) is 9.69 Å². The number of carboxylic acids is 1. The number of hydrogen-bond donors (Lipinski definition) is 2. The maximum atomic E-state index is 12.9. The van der Waals surface area contributed by atoms with E-state index in [1.54, 1.807) is 0 Å². The molecule has 6 heteroatoms. The zero-order valence-electron chi connectivity index (χ0n) is 17.9. The number of aliphatic carboxylic acids is 1. The van der Waals surface area contributed by atoms with Crippen molar-refractivity contribution in [1.82, 2.24) is 9.80 Å². The second kappa shape index (κ2) is 9.92. The molecule has 0 spiro atoms. The van der Waals surface area contributed by atoms with Gasteiger partial charge in [0.15, 0.2) is 0 Å². The molecule has 0 aliphatic carbocycles. The van der Waals surface area contributed by atoms with Gasteiger partial charge in [0.25, 0.3) is 0 Å². The summed E-state index contributed by atoms with van der Waals surface area (Å²) in [5.41, 5.74) is 3.32. The zero-order chi connectivity index (χ0) is 20.8. The van der Waals surface area contributed by atoms with Gasteiger partial charge in [0.1, 0.15) is 0 Å². The summed E-state index contributed by atoms with van der Waals surface area (Å²) in [5, 5.41) is 12.1. The number of amides is 2. The average Bonchev–Trinajstić information content (AvgIpc) is 2.87. The summed E-state index contributed by atoms with van der Waals surface area (Å²) in [4.78, 5) is 27.6. The number of carboxylic acid groups (broad SMARTS) is 1. The molecule has 0 radical (unpaired) electrons. The number of anilines is 1. The van der Waals surface area contributed by atoms with Crippen LogP contribution in [0, 0.1) is 0 Å².